The molecule has 130 valence electrons. The van der Waals surface area contributed by atoms with Crippen molar-refractivity contribution < 1.29 is 24.0 Å². The monoisotopic (exact) mass is 374 g/mol. The van der Waals surface area contributed by atoms with Crippen LogP contribution in [0.3, 0.4) is 0 Å². The van der Waals surface area contributed by atoms with E-state index in [1.165, 1.54) is 13.2 Å². The predicted octanol–water partition coefficient (Wildman–Crippen LogP) is -0.122. The largest absolute Gasteiger partial charge is 0.469 e. The minimum absolute atomic E-state index is 0.0358. The molecule has 7 nitrogen and oxygen atoms in total. The zero-order valence-corrected chi connectivity index (χ0v) is 14.5. The Hall–Kier alpha value is -1.83. The Morgan fingerprint density at radius 1 is 1.42 bits per heavy atom. The van der Waals surface area contributed by atoms with Crippen molar-refractivity contribution in [3.8, 4) is 0 Å². The number of nitrogens with one attached hydrogen (secondary N) is 3. The number of amides is 2. The number of rotatable bonds is 5. The van der Waals surface area contributed by atoms with Crippen molar-refractivity contribution in [1.82, 2.24) is 5.32 Å². The number of quaternary nitrogens is 1. The van der Waals surface area contributed by atoms with Crippen LogP contribution in [0.5, 0.6) is 0 Å². The fourth-order valence-electron chi connectivity index (χ4n) is 2.52. The molecular formula is C15H18Cl2N3O4+. The Morgan fingerprint density at radius 2 is 2.17 bits per heavy atom. The van der Waals surface area contributed by atoms with Gasteiger partial charge in [-0.15, -0.1) is 0 Å². The summed E-state index contributed by atoms with van der Waals surface area (Å²) >= 11 is 11.8. The number of esters is 1. The highest BCUT2D eigenvalue weighted by Gasteiger charge is 2.36. The summed E-state index contributed by atoms with van der Waals surface area (Å²) in [6, 6.07) is 4.09. The summed E-state index contributed by atoms with van der Waals surface area (Å²) in [5.41, 5.74) is 0.441. The number of hydrogen-bond donors (Lipinski definition) is 3. The summed E-state index contributed by atoms with van der Waals surface area (Å²) in [5.74, 6) is -1.06. The molecule has 0 aromatic heterocycles. The Bertz CT molecular complexity index is 654. The molecule has 1 unspecified atom stereocenters. The zero-order valence-electron chi connectivity index (χ0n) is 13.0. The Morgan fingerprint density at radius 3 is 2.83 bits per heavy atom. The maximum atomic E-state index is 12.3. The minimum Gasteiger partial charge on any atom is -0.469 e. The third-order valence-corrected chi connectivity index (χ3v) is 4.29. The molecule has 2 atom stereocenters. The first-order valence-corrected chi connectivity index (χ1v) is 8.10. The first-order valence-electron chi connectivity index (χ1n) is 7.34. The standard InChI is InChI=1S/C15H17Cl2N3O4/c1-24-14(22)7-12-15(23)18-4-5-20(12)8-13(21)19-11-3-2-9(16)6-10(11)17/h2-3,6,12H,4-5,7-8H2,1H3,(H,18,23)(H,19,21)/p+1/t12-/m1/s1. The zero-order chi connectivity index (χ0) is 17.7. The molecule has 1 aromatic rings. The van der Waals surface area contributed by atoms with Crippen molar-refractivity contribution in [1.29, 1.82) is 0 Å². The lowest BCUT2D eigenvalue weighted by atomic mass is 10.1. The van der Waals surface area contributed by atoms with Gasteiger partial charge >= 0.3 is 5.97 Å². The molecular weight excluding hydrogens is 357 g/mol. The quantitative estimate of drug-likeness (QED) is 0.626. The van der Waals surface area contributed by atoms with Crippen LogP contribution in [-0.2, 0) is 19.1 Å². The molecule has 3 N–H and O–H groups in total. The average Bonchev–Trinajstić information content (AvgIpc) is 2.53. The van der Waals surface area contributed by atoms with Gasteiger partial charge in [0.05, 0.1) is 30.9 Å². The number of carbonyl (C=O) groups excluding carboxylic acids is 3. The van der Waals surface area contributed by atoms with Gasteiger partial charge in [0, 0.05) is 5.02 Å². The first-order chi connectivity index (χ1) is 11.4. The number of halogens is 2. The second-order valence-corrected chi connectivity index (χ2v) is 6.22. The maximum Gasteiger partial charge on any atom is 0.312 e. The van der Waals surface area contributed by atoms with E-state index in [9.17, 15) is 14.4 Å². The van der Waals surface area contributed by atoms with E-state index >= 15 is 0 Å². The molecule has 24 heavy (non-hydrogen) atoms. The summed E-state index contributed by atoms with van der Waals surface area (Å²) in [6.07, 6.45) is -0.0767. The van der Waals surface area contributed by atoms with Gasteiger partial charge in [0.25, 0.3) is 11.8 Å². The van der Waals surface area contributed by atoms with Crippen molar-refractivity contribution in [2.45, 2.75) is 12.5 Å². The second-order valence-electron chi connectivity index (χ2n) is 5.38. The number of piperazine rings is 1. The topological polar surface area (TPSA) is 88.9 Å². The number of methoxy groups -OCH3 is 1. The van der Waals surface area contributed by atoms with Crippen molar-refractivity contribution in [3.05, 3.63) is 28.2 Å². The summed E-state index contributed by atoms with van der Waals surface area (Å²) in [7, 11) is 1.26. The lowest BCUT2D eigenvalue weighted by Crippen LogP contribution is -3.20. The summed E-state index contributed by atoms with van der Waals surface area (Å²) in [4.78, 5) is 36.4. The molecule has 2 rings (SSSR count). The lowest BCUT2D eigenvalue weighted by molar-refractivity contribution is -0.909. The molecule has 0 bridgehead atoms. The van der Waals surface area contributed by atoms with E-state index in [-0.39, 0.29) is 24.8 Å². The van der Waals surface area contributed by atoms with Crippen LogP contribution in [0.2, 0.25) is 10.0 Å². The summed E-state index contributed by atoms with van der Waals surface area (Å²) < 4.78 is 4.61. The van der Waals surface area contributed by atoms with Gasteiger partial charge in [0.2, 0.25) is 0 Å². The number of benzene rings is 1. The van der Waals surface area contributed by atoms with Crippen LogP contribution >= 0.6 is 23.2 Å². The normalized spacial score (nSPS) is 20.2. The number of carbonyl (C=O) groups is 3. The van der Waals surface area contributed by atoms with Gasteiger partial charge in [-0.25, -0.2) is 0 Å². The smallest absolute Gasteiger partial charge is 0.312 e. The molecule has 0 radical (unpaired) electrons. The lowest BCUT2D eigenvalue weighted by Gasteiger charge is -2.30. The molecule has 1 aromatic carbocycles. The van der Waals surface area contributed by atoms with E-state index in [4.69, 9.17) is 23.2 Å². The Labute approximate surface area is 149 Å². The molecule has 1 fully saturated rings. The SMILES string of the molecule is COC(=O)C[C@@H]1C(=O)NCC[NH+]1CC(=O)Nc1ccc(Cl)cc1Cl. The number of hydrogen-bond acceptors (Lipinski definition) is 4. The van der Waals surface area contributed by atoms with Crippen LogP contribution in [0.25, 0.3) is 0 Å². The predicted molar refractivity (Wildman–Crippen MR) is 89.2 cm³/mol. The average molecular weight is 375 g/mol. The van der Waals surface area contributed by atoms with Gasteiger partial charge in [-0.3, -0.25) is 14.4 Å². The fourth-order valence-corrected chi connectivity index (χ4v) is 2.97. The highest BCUT2D eigenvalue weighted by molar-refractivity contribution is 6.36. The molecule has 1 saturated heterocycles. The van der Waals surface area contributed by atoms with Gasteiger partial charge in [-0.1, -0.05) is 23.2 Å². The van der Waals surface area contributed by atoms with E-state index < -0.39 is 12.0 Å². The van der Waals surface area contributed by atoms with E-state index in [0.29, 0.717) is 33.7 Å². The molecule has 1 aliphatic rings. The van der Waals surface area contributed by atoms with E-state index in [1.54, 1.807) is 12.1 Å². The Kier molecular flexibility index (Phi) is 6.42. The van der Waals surface area contributed by atoms with Crippen LogP contribution in [0.4, 0.5) is 5.69 Å². The molecule has 0 aliphatic carbocycles. The van der Waals surface area contributed by atoms with Gasteiger partial charge in [-0.05, 0) is 18.2 Å². The summed E-state index contributed by atoms with van der Waals surface area (Å²) in [6.45, 7) is 1.02. The van der Waals surface area contributed by atoms with Crippen LogP contribution in [0, 0.1) is 0 Å². The van der Waals surface area contributed by atoms with Crippen molar-refractivity contribution in [2.75, 3.05) is 32.1 Å². The highest BCUT2D eigenvalue weighted by Crippen LogP contribution is 2.25. The first kappa shape index (κ1) is 18.5. The van der Waals surface area contributed by atoms with Crippen LogP contribution in [0.15, 0.2) is 18.2 Å². The minimum atomic E-state index is -0.655. The van der Waals surface area contributed by atoms with Crippen LogP contribution in [0.1, 0.15) is 6.42 Å². The molecule has 0 saturated carbocycles. The molecule has 1 aliphatic heterocycles. The molecule has 9 heteroatoms. The van der Waals surface area contributed by atoms with E-state index in [2.05, 4.69) is 15.4 Å². The van der Waals surface area contributed by atoms with Gasteiger partial charge < -0.3 is 20.3 Å². The van der Waals surface area contributed by atoms with Gasteiger partial charge in [0.1, 0.15) is 6.42 Å². The van der Waals surface area contributed by atoms with Crippen LogP contribution in [-0.4, -0.2) is 50.6 Å². The van der Waals surface area contributed by atoms with Crippen molar-refractivity contribution >= 4 is 46.7 Å². The third-order valence-electron chi connectivity index (χ3n) is 3.75. The summed E-state index contributed by atoms with van der Waals surface area (Å²) in [5, 5.41) is 6.18. The van der Waals surface area contributed by atoms with Crippen molar-refractivity contribution in [2.24, 2.45) is 0 Å². The number of anilines is 1. The van der Waals surface area contributed by atoms with Crippen LogP contribution < -0.4 is 15.5 Å². The molecule has 2 amide bonds. The van der Waals surface area contributed by atoms with Gasteiger partial charge in [-0.2, -0.15) is 0 Å². The molecule has 0 spiro atoms. The van der Waals surface area contributed by atoms with Gasteiger partial charge in [0.15, 0.2) is 12.6 Å². The highest BCUT2D eigenvalue weighted by atomic mass is 35.5. The second kappa shape index (κ2) is 8.32. The Balaban J connectivity index is 2.02. The van der Waals surface area contributed by atoms with E-state index in [1.807, 2.05) is 0 Å². The van der Waals surface area contributed by atoms with E-state index in [0.717, 1.165) is 0 Å². The third kappa shape index (κ3) is 4.83. The van der Waals surface area contributed by atoms with Crippen molar-refractivity contribution in [3.63, 3.8) is 0 Å². The maximum absolute atomic E-state index is 12.3. The fraction of sp³-hybridized carbons (Fsp3) is 0.400. The number of ether oxygens (including phenoxy) is 1. The molecule has 1 heterocycles.